The smallest absolute Gasteiger partial charge is 0.416 e. The molecule has 1 aromatic heterocycles. The van der Waals surface area contributed by atoms with Gasteiger partial charge < -0.3 is 9.84 Å². The Morgan fingerprint density at radius 1 is 1.15 bits per heavy atom. The first-order valence-corrected chi connectivity index (χ1v) is 11.3. The fourth-order valence-corrected chi connectivity index (χ4v) is 4.51. The number of carbonyl (C=O) groups is 1. The first-order valence-electron chi connectivity index (χ1n) is 10.4. The summed E-state index contributed by atoms with van der Waals surface area (Å²) in [5, 5.41) is 12.0. The number of halogens is 3. The van der Waals surface area contributed by atoms with Crippen LogP contribution >= 0.6 is 11.3 Å². The number of ether oxygens (including phenoxy) is 1. The number of alkyl halides is 3. The number of rotatable bonds is 6. The molecule has 0 fully saturated rings. The molecule has 1 N–H and O–H groups in total. The lowest BCUT2D eigenvalue weighted by Crippen LogP contribution is -2.38. The average Bonchev–Trinajstić information content (AvgIpc) is 3.21. The maximum atomic E-state index is 12.8. The lowest BCUT2D eigenvalue weighted by atomic mass is 9.99. The van der Waals surface area contributed by atoms with Crippen molar-refractivity contribution in [3.63, 3.8) is 0 Å². The summed E-state index contributed by atoms with van der Waals surface area (Å²) in [6, 6.07) is 10.7. The highest BCUT2D eigenvalue weighted by molar-refractivity contribution is 7.09. The quantitative estimate of drug-likeness (QED) is 0.500. The molecule has 9 heteroatoms. The molecule has 0 aliphatic carbocycles. The second kappa shape index (κ2) is 8.79. The number of hydrogen-bond donors (Lipinski definition) is 1. The number of carboxylic acids is 1. The molecule has 3 aromatic rings. The summed E-state index contributed by atoms with van der Waals surface area (Å²) in [5.74, 6) is -0.485. The summed E-state index contributed by atoms with van der Waals surface area (Å²) < 4.78 is 43.9. The Labute approximate surface area is 193 Å². The van der Waals surface area contributed by atoms with E-state index in [1.165, 1.54) is 37.3 Å². The van der Waals surface area contributed by atoms with E-state index in [4.69, 9.17) is 4.74 Å². The van der Waals surface area contributed by atoms with Gasteiger partial charge in [-0.3, -0.25) is 4.90 Å². The van der Waals surface area contributed by atoms with Crippen molar-refractivity contribution < 1.29 is 27.8 Å². The molecule has 174 valence electrons. The summed E-state index contributed by atoms with van der Waals surface area (Å²) in [6.45, 7) is 5.23. The number of hydrogen-bond acceptors (Lipinski definition) is 5. The van der Waals surface area contributed by atoms with Crippen molar-refractivity contribution in [2.24, 2.45) is 0 Å². The molecule has 5 nitrogen and oxygen atoms in total. The van der Waals surface area contributed by atoms with E-state index in [0.29, 0.717) is 23.6 Å². The third-order valence-electron chi connectivity index (χ3n) is 5.58. The van der Waals surface area contributed by atoms with Gasteiger partial charge in [0.15, 0.2) is 5.60 Å². The van der Waals surface area contributed by atoms with E-state index in [9.17, 15) is 23.1 Å². The zero-order valence-corrected chi connectivity index (χ0v) is 19.0. The average molecular weight is 477 g/mol. The van der Waals surface area contributed by atoms with Gasteiger partial charge >= 0.3 is 12.1 Å². The zero-order chi connectivity index (χ0) is 23.8. The monoisotopic (exact) mass is 476 g/mol. The van der Waals surface area contributed by atoms with Crippen LogP contribution in [0.2, 0.25) is 0 Å². The fraction of sp³-hybridized carbons (Fsp3) is 0.333. The van der Waals surface area contributed by atoms with E-state index in [2.05, 4.69) is 9.88 Å². The molecule has 1 aliphatic heterocycles. The van der Waals surface area contributed by atoms with Gasteiger partial charge in [0.25, 0.3) is 0 Å². The van der Waals surface area contributed by atoms with E-state index < -0.39 is 23.3 Å². The predicted molar refractivity (Wildman–Crippen MR) is 119 cm³/mol. The molecule has 1 aliphatic rings. The standard InChI is InChI=1S/C24H23F3N2O3S/c1-23(2,22(30)31)32-19-8-5-17-12-29(10-9-16(17)11-19)13-21-28-20(14-33-21)15-3-6-18(7-4-15)24(25,26)27/h3-8,11,14H,9-10,12-13H2,1-2H3,(H,30,31). The minimum Gasteiger partial charge on any atom is -0.478 e. The van der Waals surface area contributed by atoms with Crippen LogP contribution in [-0.4, -0.2) is 33.1 Å². The minimum absolute atomic E-state index is 0.538. The van der Waals surface area contributed by atoms with E-state index in [1.807, 2.05) is 17.5 Å². The Balaban J connectivity index is 1.40. The molecule has 2 aromatic carbocycles. The second-order valence-electron chi connectivity index (χ2n) is 8.51. The molecule has 0 atom stereocenters. The molecule has 0 amide bonds. The van der Waals surface area contributed by atoms with Crippen LogP contribution in [0, 0.1) is 0 Å². The van der Waals surface area contributed by atoms with Gasteiger partial charge in [-0.15, -0.1) is 11.3 Å². The lowest BCUT2D eigenvalue weighted by Gasteiger charge is -2.29. The SMILES string of the molecule is CC(C)(Oc1ccc2c(c1)CCN(Cc1nc(-c3ccc(C(F)(F)F)cc3)cs1)C2)C(=O)O. The first kappa shape index (κ1) is 23.3. The molecule has 33 heavy (non-hydrogen) atoms. The molecular weight excluding hydrogens is 453 g/mol. The molecule has 0 saturated carbocycles. The van der Waals surface area contributed by atoms with Crippen LogP contribution in [0.3, 0.4) is 0 Å². The highest BCUT2D eigenvalue weighted by atomic mass is 32.1. The van der Waals surface area contributed by atoms with Crippen LogP contribution in [0.5, 0.6) is 5.75 Å². The van der Waals surface area contributed by atoms with Gasteiger partial charge in [-0.2, -0.15) is 13.2 Å². The maximum Gasteiger partial charge on any atom is 0.416 e. The van der Waals surface area contributed by atoms with E-state index in [0.717, 1.165) is 47.8 Å². The number of carboxylic acid groups (broad SMARTS) is 1. The normalized spacial score (nSPS) is 14.7. The van der Waals surface area contributed by atoms with Crippen LogP contribution in [0.25, 0.3) is 11.3 Å². The Morgan fingerprint density at radius 3 is 2.55 bits per heavy atom. The van der Waals surface area contributed by atoms with Crippen LogP contribution in [-0.2, 0) is 30.5 Å². The van der Waals surface area contributed by atoms with Gasteiger partial charge in [-0.1, -0.05) is 18.2 Å². The Bertz CT molecular complexity index is 1160. The first-order chi connectivity index (χ1) is 15.5. The number of thiazole rings is 1. The topological polar surface area (TPSA) is 62.7 Å². The van der Waals surface area contributed by atoms with E-state index in [-0.39, 0.29) is 0 Å². The third-order valence-corrected chi connectivity index (χ3v) is 6.41. The molecule has 4 rings (SSSR count). The van der Waals surface area contributed by atoms with Crippen molar-refractivity contribution in [2.75, 3.05) is 6.54 Å². The Hall–Kier alpha value is -2.91. The molecule has 0 radical (unpaired) electrons. The predicted octanol–water partition coefficient (Wildman–Crippen LogP) is 5.63. The zero-order valence-electron chi connectivity index (χ0n) is 18.1. The van der Waals surface area contributed by atoms with Gasteiger partial charge in [0.05, 0.1) is 17.8 Å². The molecule has 0 bridgehead atoms. The fourth-order valence-electron chi connectivity index (χ4n) is 3.66. The molecular formula is C24H23F3N2O3S. The highest BCUT2D eigenvalue weighted by Crippen LogP contribution is 2.32. The number of aromatic nitrogens is 1. The largest absolute Gasteiger partial charge is 0.478 e. The van der Waals surface area contributed by atoms with E-state index >= 15 is 0 Å². The Morgan fingerprint density at radius 2 is 1.88 bits per heavy atom. The van der Waals surface area contributed by atoms with Crippen molar-refractivity contribution >= 4 is 17.3 Å². The number of benzene rings is 2. The second-order valence-corrected chi connectivity index (χ2v) is 9.45. The lowest BCUT2D eigenvalue weighted by molar-refractivity contribution is -0.152. The van der Waals surface area contributed by atoms with Gasteiger partial charge in [0.1, 0.15) is 10.8 Å². The van der Waals surface area contributed by atoms with Crippen molar-refractivity contribution in [3.8, 4) is 17.0 Å². The van der Waals surface area contributed by atoms with E-state index in [1.54, 1.807) is 6.07 Å². The van der Waals surface area contributed by atoms with Gasteiger partial charge in [0.2, 0.25) is 0 Å². The summed E-state index contributed by atoms with van der Waals surface area (Å²) in [5.41, 5.74) is 1.64. The number of fused-ring (bicyclic) bond motifs is 1. The molecule has 0 saturated heterocycles. The molecule has 0 unspecified atom stereocenters. The summed E-state index contributed by atoms with van der Waals surface area (Å²) in [6.07, 6.45) is -3.55. The summed E-state index contributed by atoms with van der Waals surface area (Å²) >= 11 is 1.49. The Kier molecular flexibility index (Phi) is 6.20. The van der Waals surface area contributed by atoms with Gasteiger partial charge in [-0.25, -0.2) is 9.78 Å². The van der Waals surface area contributed by atoms with Gasteiger partial charge in [-0.05, 0) is 55.7 Å². The molecule has 2 heterocycles. The van der Waals surface area contributed by atoms with Crippen molar-refractivity contribution in [1.29, 1.82) is 0 Å². The van der Waals surface area contributed by atoms with Crippen molar-refractivity contribution in [1.82, 2.24) is 9.88 Å². The van der Waals surface area contributed by atoms with Crippen LogP contribution in [0.15, 0.2) is 47.8 Å². The molecule has 0 spiro atoms. The summed E-state index contributed by atoms with van der Waals surface area (Å²) in [4.78, 5) is 18.2. The third kappa shape index (κ3) is 5.36. The number of aliphatic carboxylic acids is 1. The summed E-state index contributed by atoms with van der Waals surface area (Å²) in [7, 11) is 0. The maximum absolute atomic E-state index is 12.8. The number of nitrogens with zero attached hydrogens (tertiary/aromatic N) is 2. The van der Waals surface area contributed by atoms with Crippen molar-refractivity contribution in [2.45, 2.75) is 45.1 Å². The van der Waals surface area contributed by atoms with Crippen LogP contribution in [0.1, 0.15) is 35.5 Å². The van der Waals surface area contributed by atoms with Crippen LogP contribution < -0.4 is 4.74 Å². The van der Waals surface area contributed by atoms with Gasteiger partial charge in [0, 0.05) is 24.0 Å². The minimum atomic E-state index is -4.35. The highest BCUT2D eigenvalue weighted by Gasteiger charge is 2.31. The van der Waals surface area contributed by atoms with Crippen molar-refractivity contribution in [3.05, 3.63) is 69.5 Å². The van der Waals surface area contributed by atoms with Crippen LogP contribution in [0.4, 0.5) is 13.2 Å².